The molecular weight excluding hydrogens is 439 g/mol. The monoisotopic (exact) mass is 466 g/mol. The molecule has 6 heteroatoms. The van der Waals surface area contributed by atoms with Gasteiger partial charge in [-0.1, -0.05) is 30.3 Å². The highest BCUT2D eigenvalue weighted by molar-refractivity contribution is 5.91. The number of hydrogen-bond acceptors (Lipinski definition) is 3. The highest BCUT2D eigenvalue weighted by atomic mass is 19.1. The molecule has 1 aliphatic heterocycles. The van der Waals surface area contributed by atoms with E-state index in [1.54, 1.807) is 12.1 Å². The molecule has 0 saturated carbocycles. The summed E-state index contributed by atoms with van der Waals surface area (Å²) in [5.74, 6) is -0.157. The molecule has 2 heterocycles. The van der Waals surface area contributed by atoms with Crippen LogP contribution in [0.15, 0.2) is 72.8 Å². The Kier molecular flexibility index (Phi) is 6.49. The standard InChI is InChI=1S/C29H27FN4O/c30-23-9-13-27-26(19-23)25(29(32-27)22-5-2-1-3-6-22)12-14-28(35)34-16-4-15-33(17-18-34)24-10-7-21(20-31)8-11-24/h1-3,5-11,13,19,32H,4,12,14-18H2. The number of nitriles is 1. The van der Waals surface area contributed by atoms with Crippen molar-refractivity contribution < 1.29 is 9.18 Å². The summed E-state index contributed by atoms with van der Waals surface area (Å²) in [6, 6.07) is 24.5. The van der Waals surface area contributed by atoms with Crippen molar-refractivity contribution in [2.24, 2.45) is 0 Å². The van der Waals surface area contributed by atoms with Gasteiger partial charge in [0.15, 0.2) is 0 Å². The first kappa shape index (κ1) is 22.7. The van der Waals surface area contributed by atoms with E-state index < -0.39 is 0 Å². The van der Waals surface area contributed by atoms with Gasteiger partial charge in [0.05, 0.1) is 11.6 Å². The maximum atomic E-state index is 14.1. The highest BCUT2D eigenvalue weighted by Crippen LogP contribution is 2.32. The third kappa shape index (κ3) is 4.90. The van der Waals surface area contributed by atoms with Crippen molar-refractivity contribution in [1.29, 1.82) is 5.26 Å². The Hall–Kier alpha value is -4.11. The summed E-state index contributed by atoms with van der Waals surface area (Å²) in [4.78, 5) is 20.9. The number of nitrogens with zero attached hydrogens (tertiary/aromatic N) is 3. The molecule has 1 aromatic heterocycles. The smallest absolute Gasteiger partial charge is 0.222 e. The minimum atomic E-state index is -0.279. The molecule has 176 valence electrons. The summed E-state index contributed by atoms with van der Waals surface area (Å²) in [6.45, 7) is 3.01. The molecule has 1 amide bonds. The second kappa shape index (κ2) is 10.0. The quantitative estimate of drug-likeness (QED) is 0.421. The Labute approximate surface area is 204 Å². The highest BCUT2D eigenvalue weighted by Gasteiger charge is 2.21. The van der Waals surface area contributed by atoms with Gasteiger partial charge in [0.1, 0.15) is 5.82 Å². The van der Waals surface area contributed by atoms with Gasteiger partial charge in [-0.2, -0.15) is 5.26 Å². The molecule has 3 aromatic carbocycles. The van der Waals surface area contributed by atoms with E-state index in [0.29, 0.717) is 24.9 Å². The first-order valence-corrected chi connectivity index (χ1v) is 12.0. The molecule has 0 atom stereocenters. The molecule has 0 spiro atoms. The van der Waals surface area contributed by atoms with E-state index >= 15 is 0 Å². The molecule has 0 aliphatic carbocycles. The zero-order chi connectivity index (χ0) is 24.2. The Morgan fingerprint density at radius 1 is 0.971 bits per heavy atom. The summed E-state index contributed by atoms with van der Waals surface area (Å²) in [6.07, 6.45) is 1.81. The third-order valence-corrected chi connectivity index (χ3v) is 6.73. The van der Waals surface area contributed by atoms with Crippen LogP contribution in [0.25, 0.3) is 22.2 Å². The SMILES string of the molecule is N#Cc1ccc(N2CCCN(C(=O)CCc3c(-c4ccccc4)[nH]c4ccc(F)cc34)CC2)cc1. The number of H-pyrrole nitrogens is 1. The average Bonchev–Trinajstić information content (AvgIpc) is 3.07. The summed E-state index contributed by atoms with van der Waals surface area (Å²) in [5, 5.41) is 9.86. The number of nitrogens with one attached hydrogen (secondary N) is 1. The fourth-order valence-corrected chi connectivity index (χ4v) is 4.89. The van der Waals surface area contributed by atoms with Crippen molar-refractivity contribution in [3.8, 4) is 17.3 Å². The van der Waals surface area contributed by atoms with Crippen molar-refractivity contribution >= 4 is 22.5 Å². The minimum absolute atomic E-state index is 0.122. The Morgan fingerprint density at radius 2 is 1.77 bits per heavy atom. The number of aromatic amines is 1. The molecule has 1 saturated heterocycles. The summed E-state index contributed by atoms with van der Waals surface area (Å²) in [7, 11) is 0. The van der Waals surface area contributed by atoms with Crippen molar-refractivity contribution in [3.63, 3.8) is 0 Å². The van der Waals surface area contributed by atoms with E-state index in [-0.39, 0.29) is 11.7 Å². The summed E-state index contributed by atoms with van der Waals surface area (Å²) in [5.41, 5.74) is 5.55. The maximum absolute atomic E-state index is 14.1. The van der Waals surface area contributed by atoms with Crippen molar-refractivity contribution in [3.05, 3.63) is 89.7 Å². The van der Waals surface area contributed by atoms with Gasteiger partial charge >= 0.3 is 0 Å². The predicted octanol–water partition coefficient (Wildman–Crippen LogP) is 5.52. The lowest BCUT2D eigenvalue weighted by molar-refractivity contribution is -0.130. The molecule has 1 N–H and O–H groups in total. The van der Waals surface area contributed by atoms with Crippen LogP contribution in [0.5, 0.6) is 0 Å². The molecule has 5 rings (SSSR count). The van der Waals surface area contributed by atoms with Gasteiger partial charge in [0.25, 0.3) is 0 Å². The van der Waals surface area contributed by atoms with E-state index in [1.807, 2.05) is 59.5 Å². The average molecular weight is 467 g/mol. The molecule has 0 unspecified atom stereocenters. The van der Waals surface area contributed by atoms with Gasteiger partial charge in [-0.15, -0.1) is 0 Å². The first-order chi connectivity index (χ1) is 17.1. The number of fused-ring (bicyclic) bond motifs is 1. The van der Waals surface area contributed by atoms with E-state index in [1.165, 1.54) is 6.07 Å². The lowest BCUT2D eigenvalue weighted by atomic mass is 10.0. The number of anilines is 1. The van der Waals surface area contributed by atoms with Crippen LogP contribution in [-0.2, 0) is 11.2 Å². The Bertz CT molecular complexity index is 1370. The van der Waals surface area contributed by atoms with Crippen molar-refractivity contribution in [1.82, 2.24) is 9.88 Å². The number of benzene rings is 3. The lowest BCUT2D eigenvalue weighted by Crippen LogP contribution is -2.35. The van der Waals surface area contributed by atoms with E-state index in [2.05, 4.69) is 16.0 Å². The fourth-order valence-electron chi connectivity index (χ4n) is 4.89. The van der Waals surface area contributed by atoms with Crippen LogP contribution in [0.3, 0.4) is 0 Å². The zero-order valence-corrected chi connectivity index (χ0v) is 19.5. The number of carbonyl (C=O) groups is 1. The third-order valence-electron chi connectivity index (χ3n) is 6.73. The number of amides is 1. The zero-order valence-electron chi connectivity index (χ0n) is 19.5. The van der Waals surface area contributed by atoms with Crippen LogP contribution < -0.4 is 4.90 Å². The molecule has 0 bridgehead atoms. The van der Waals surface area contributed by atoms with Gasteiger partial charge in [0, 0.05) is 54.9 Å². The second-order valence-corrected chi connectivity index (χ2v) is 8.91. The largest absolute Gasteiger partial charge is 0.370 e. The van der Waals surface area contributed by atoms with Gasteiger partial charge in [-0.05, 0) is 66.4 Å². The topological polar surface area (TPSA) is 63.1 Å². The number of halogens is 1. The summed E-state index contributed by atoms with van der Waals surface area (Å²) >= 11 is 0. The molecule has 4 aromatic rings. The van der Waals surface area contributed by atoms with E-state index in [4.69, 9.17) is 5.26 Å². The fraction of sp³-hybridized carbons (Fsp3) is 0.241. The second-order valence-electron chi connectivity index (χ2n) is 8.91. The number of aromatic nitrogens is 1. The normalized spacial score (nSPS) is 14.1. The molecular formula is C29H27FN4O. The minimum Gasteiger partial charge on any atom is -0.370 e. The molecule has 1 fully saturated rings. The predicted molar refractivity (Wildman–Crippen MR) is 137 cm³/mol. The number of rotatable bonds is 5. The van der Waals surface area contributed by atoms with Crippen LogP contribution in [0.2, 0.25) is 0 Å². The summed E-state index contributed by atoms with van der Waals surface area (Å²) < 4.78 is 14.1. The first-order valence-electron chi connectivity index (χ1n) is 12.0. The van der Waals surface area contributed by atoms with Crippen LogP contribution in [0, 0.1) is 17.1 Å². The molecule has 35 heavy (non-hydrogen) atoms. The van der Waals surface area contributed by atoms with Gasteiger partial charge in [-0.25, -0.2) is 4.39 Å². The van der Waals surface area contributed by atoms with Crippen LogP contribution >= 0.6 is 0 Å². The van der Waals surface area contributed by atoms with Gasteiger partial charge in [-0.3, -0.25) is 4.79 Å². The Balaban J connectivity index is 1.30. The van der Waals surface area contributed by atoms with Crippen LogP contribution in [-0.4, -0.2) is 42.0 Å². The van der Waals surface area contributed by atoms with E-state index in [9.17, 15) is 9.18 Å². The molecule has 1 aliphatic rings. The molecule has 5 nitrogen and oxygen atoms in total. The lowest BCUT2D eigenvalue weighted by Gasteiger charge is -2.24. The maximum Gasteiger partial charge on any atom is 0.222 e. The van der Waals surface area contributed by atoms with E-state index in [0.717, 1.165) is 59.5 Å². The number of hydrogen-bond donors (Lipinski definition) is 1. The van der Waals surface area contributed by atoms with Crippen molar-refractivity contribution in [2.75, 3.05) is 31.1 Å². The van der Waals surface area contributed by atoms with Crippen LogP contribution in [0.1, 0.15) is 24.0 Å². The van der Waals surface area contributed by atoms with Crippen LogP contribution in [0.4, 0.5) is 10.1 Å². The number of aryl methyl sites for hydroxylation is 1. The Morgan fingerprint density at radius 3 is 2.54 bits per heavy atom. The molecule has 0 radical (unpaired) electrons. The van der Waals surface area contributed by atoms with Gasteiger partial charge < -0.3 is 14.8 Å². The van der Waals surface area contributed by atoms with Gasteiger partial charge in [0.2, 0.25) is 5.91 Å². The number of carbonyl (C=O) groups excluding carboxylic acids is 1. The van der Waals surface area contributed by atoms with Crippen molar-refractivity contribution in [2.45, 2.75) is 19.3 Å².